The van der Waals surface area contributed by atoms with Crippen LogP contribution in [0, 0.1) is 5.92 Å². The topological polar surface area (TPSA) is 49.9 Å². The Bertz CT molecular complexity index is 789. The molecule has 182 valence electrons. The lowest BCUT2D eigenvalue weighted by Gasteiger charge is -2.41. The van der Waals surface area contributed by atoms with Gasteiger partial charge in [-0.2, -0.15) is 0 Å². The van der Waals surface area contributed by atoms with E-state index >= 15 is 0 Å². The van der Waals surface area contributed by atoms with Crippen molar-refractivity contribution in [1.29, 1.82) is 0 Å². The molecule has 0 aromatic heterocycles. The number of benzene rings is 1. The molecule has 0 radical (unpaired) electrons. The van der Waals surface area contributed by atoms with Gasteiger partial charge in [-0.1, -0.05) is 44.2 Å². The van der Waals surface area contributed by atoms with Crippen LogP contribution in [0.1, 0.15) is 101 Å². The van der Waals surface area contributed by atoms with E-state index in [1.165, 1.54) is 25.7 Å². The maximum atomic E-state index is 13.5. The molecule has 1 aromatic rings. The van der Waals surface area contributed by atoms with Crippen molar-refractivity contribution in [2.75, 3.05) is 19.6 Å². The monoisotopic (exact) mass is 454 g/mol. The fourth-order valence-corrected chi connectivity index (χ4v) is 6.05. The van der Waals surface area contributed by atoms with Crippen molar-refractivity contribution < 1.29 is 14.3 Å². The summed E-state index contributed by atoms with van der Waals surface area (Å²) in [5.41, 5.74) is 0.657. The number of para-hydroxylation sites is 1. The molecular formula is C28H42N2O3. The van der Waals surface area contributed by atoms with Crippen molar-refractivity contribution in [3.8, 4) is 5.75 Å². The van der Waals surface area contributed by atoms with Gasteiger partial charge in [-0.05, 0) is 69.9 Å². The minimum Gasteiger partial charge on any atom is -0.487 e. The molecule has 1 heterocycles. The number of hydrogen-bond acceptors (Lipinski definition) is 3. The van der Waals surface area contributed by atoms with E-state index in [2.05, 4.69) is 11.8 Å². The van der Waals surface area contributed by atoms with Gasteiger partial charge in [0.25, 0.3) is 5.91 Å². The third-order valence-electron chi connectivity index (χ3n) is 7.97. The van der Waals surface area contributed by atoms with Gasteiger partial charge in [0, 0.05) is 26.1 Å². The number of ether oxygens (including phenoxy) is 1. The fourth-order valence-electron chi connectivity index (χ4n) is 6.05. The molecule has 5 heteroatoms. The van der Waals surface area contributed by atoms with Gasteiger partial charge in [0.15, 0.2) is 0 Å². The minimum absolute atomic E-state index is 0.0433. The van der Waals surface area contributed by atoms with E-state index in [1.807, 2.05) is 29.2 Å². The molecule has 2 atom stereocenters. The van der Waals surface area contributed by atoms with Crippen LogP contribution in [0.25, 0.3) is 0 Å². The van der Waals surface area contributed by atoms with E-state index in [-0.39, 0.29) is 18.1 Å². The van der Waals surface area contributed by atoms with Crippen LogP contribution in [0.15, 0.2) is 24.3 Å². The smallest absolute Gasteiger partial charge is 0.257 e. The summed E-state index contributed by atoms with van der Waals surface area (Å²) in [4.78, 5) is 31.0. The molecule has 2 amide bonds. The third kappa shape index (κ3) is 6.10. The Morgan fingerprint density at radius 1 is 0.909 bits per heavy atom. The number of amides is 2. The SMILES string of the molecule is CCN1CCCCCCN(C(=O)CC2CCCC2)[C@@H]2CCCC[C@@H]2Oc2ccccc2C1=O. The van der Waals surface area contributed by atoms with Crippen LogP contribution in [-0.4, -0.2) is 53.4 Å². The van der Waals surface area contributed by atoms with Gasteiger partial charge in [-0.15, -0.1) is 0 Å². The van der Waals surface area contributed by atoms with Gasteiger partial charge in [0.05, 0.1) is 11.6 Å². The third-order valence-corrected chi connectivity index (χ3v) is 7.97. The highest BCUT2D eigenvalue weighted by Crippen LogP contribution is 2.33. The van der Waals surface area contributed by atoms with Gasteiger partial charge in [-0.25, -0.2) is 0 Å². The van der Waals surface area contributed by atoms with Gasteiger partial charge in [0.1, 0.15) is 11.9 Å². The highest BCUT2D eigenvalue weighted by Gasteiger charge is 2.36. The molecule has 3 aliphatic rings. The summed E-state index contributed by atoms with van der Waals surface area (Å²) in [6.45, 7) is 4.38. The Kier molecular flexibility index (Phi) is 8.69. The largest absolute Gasteiger partial charge is 0.487 e. The van der Waals surface area contributed by atoms with Gasteiger partial charge in [-0.3, -0.25) is 9.59 Å². The normalized spacial score (nSPS) is 25.7. The summed E-state index contributed by atoms with van der Waals surface area (Å²) < 4.78 is 6.62. The molecule has 0 N–H and O–H groups in total. The first-order valence-corrected chi connectivity index (χ1v) is 13.5. The van der Waals surface area contributed by atoms with E-state index in [4.69, 9.17) is 4.74 Å². The standard InChI is InChI=1S/C28H42N2O3/c1-2-29-19-11-3-4-12-20-30(27(31)21-22-13-5-6-14-22)24-16-8-10-18-26(24)33-25-17-9-7-15-23(25)28(29)32/h7,9,15,17,22,24,26H,2-6,8,10-14,16,18-21H2,1H3/t24-,26+/m1/s1. The second kappa shape index (κ2) is 11.9. The number of fused-ring (bicyclic) bond motifs is 2. The Morgan fingerprint density at radius 3 is 2.39 bits per heavy atom. The van der Waals surface area contributed by atoms with Gasteiger partial charge in [0.2, 0.25) is 5.91 Å². The maximum Gasteiger partial charge on any atom is 0.257 e. The fraction of sp³-hybridized carbons (Fsp3) is 0.714. The second-order valence-electron chi connectivity index (χ2n) is 10.2. The molecule has 2 fully saturated rings. The van der Waals surface area contributed by atoms with Crippen molar-refractivity contribution >= 4 is 11.8 Å². The minimum atomic E-state index is -0.0433. The number of carbonyl (C=O) groups excluding carboxylic acids is 2. The highest BCUT2D eigenvalue weighted by atomic mass is 16.5. The summed E-state index contributed by atoms with van der Waals surface area (Å²) in [7, 11) is 0. The molecule has 5 nitrogen and oxygen atoms in total. The Hall–Kier alpha value is -2.04. The lowest BCUT2D eigenvalue weighted by molar-refractivity contribution is -0.138. The summed E-state index contributed by atoms with van der Waals surface area (Å²) in [5.74, 6) is 1.63. The summed E-state index contributed by atoms with van der Waals surface area (Å²) in [6, 6.07) is 7.82. The van der Waals surface area contributed by atoms with Crippen molar-refractivity contribution in [3.63, 3.8) is 0 Å². The number of carbonyl (C=O) groups is 2. The average molecular weight is 455 g/mol. The molecule has 2 aliphatic carbocycles. The first-order chi connectivity index (χ1) is 16.2. The molecule has 4 rings (SSSR count). The van der Waals surface area contributed by atoms with Crippen LogP contribution in [0.2, 0.25) is 0 Å². The zero-order chi connectivity index (χ0) is 23.0. The van der Waals surface area contributed by atoms with E-state index in [1.54, 1.807) is 0 Å². The van der Waals surface area contributed by atoms with Crippen molar-refractivity contribution in [3.05, 3.63) is 29.8 Å². The highest BCUT2D eigenvalue weighted by molar-refractivity contribution is 5.97. The lowest BCUT2D eigenvalue weighted by atomic mass is 9.89. The number of hydrogen-bond donors (Lipinski definition) is 0. The Morgan fingerprint density at radius 2 is 1.61 bits per heavy atom. The van der Waals surface area contributed by atoms with Crippen molar-refractivity contribution in [2.24, 2.45) is 5.92 Å². The molecule has 1 aliphatic heterocycles. The predicted molar refractivity (Wildman–Crippen MR) is 131 cm³/mol. The molecular weight excluding hydrogens is 412 g/mol. The van der Waals surface area contributed by atoms with Crippen LogP contribution >= 0.6 is 0 Å². The maximum absolute atomic E-state index is 13.5. The molecule has 2 saturated carbocycles. The zero-order valence-electron chi connectivity index (χ0n) is 20.5. The van der Waals surface area contributed by atoms with Crippen molar-refractivity contribution in [1.82, 2.24) is 9.80 Å². The Balaban J connectivity index is 1.60. The number of nitrogens with zero attached hydrogens (tertiary/aromatic N) is 2. The summed E-state index contributed by atoms with van der Waals surface area (Å²) in [6.07, 6.45) is 14.0. The molecule has 1 aromatic carbocycles. The van der Waals surface area contributed by atoms with Crippen LogP contribution in [0.5, 0.6) is 5.75 Å². The molecule has 0 saturated heterocycles. The van der Waals surface area contributed by atoms with Crippen LogP contribution in [0.4, 0.5) is 0 Å². The lowest BCUT2D eigenvalue weighted by Crippen LogP contribution is -2.51. The summed E-state index contributed by atoms with van der Waals surface area (Å²) in [5, 5.41) is 0. The Labute approximate surface area is 199 Å². The quantitative estimate of drug-likeness (QED) is 0.578. The van der Waals surface area contributed by atoms with E-state index < -0.39 is 0 Å². The van der Waals surface area contributed by atoms with E-state index in [0.717, 1.165) is 64.5 Å². The van der Waals surface area contributed by atoms with Crippen LogP contribution in [-0.2, 0) is 4.79 Å². The number of rotatable bonds is 3. The van der Waals surface area contributed by atoms with E-state index in [9.17, 15) is 9.59 Å². The van der Waals surface area contributed by atoms with Crippen molar-refractivity contribution in [2.45, 2.75) is 103 Å². The van der Waals surface area contributed by atoms with Gasteiger partial charge >= 0.3 is 0 Å². The summed E-state index contributed by atoms with van der Waals surface area (Å²) >= 11 is 0. The van der Waals surface area contributed by atoms with Crippen LogP contribution in [0.3, 0.4) is 0 Å². The average Bonchev–Trinajstić information content (AvgIpc) is 3.34. The first kappa shape index (κ1) is 24.1. The van der Waals surface area contributed by atoms with Gasteiger partial charge < -0.3 is 14.5 Å². The molecule has 0 bridgehead atoms. The second-order valence-corrected chi connectivity index (χ2v) is 10.2. The van der Waals surface area contributed by atoms with Crippen LogP contribution < -0.4 is 4.74 Å². The molecule has 0 unspecified atom stereocenters. The zero-order valence-corrected chi connectivity index (χ0v) is 20.5. The first-order valence-electron chi connectivity index (χ1n) is 13.5. The van der Waals surface area contributed by atoms with E-state index in [0.29, 0.717) is 36.1 Å². The molecule has 33 heavy (non-hydrogen) atoms. The predicted octanol–water partition coefficient (Wildman–Crippen LogP) is 5.82. The molecule has 0 spiro atoms.